The molecule has 0 spiro atoms. The van der Waals surface area contributed by atoms with E-state index in [9.17, 15) is 18.0 Å². The van der Waals surface area contributed by atoms with E-state index in [-0.39, 0.29) is 18.0 Å². The summed E-state index contributed by atoms with van der Waals surface area (Å²) in [5, 5.41) is 3.44. The predicted octanol–water partition coefficient (Wildman–Crippen LogP) is 6.33. The van der Waals surface area contributed by atoms with Crippen molar-refractivity contribution in [2.75, 3.05) is 6.54 Å². The number of carbonyl (C=O) groups excluding carboxylic acids is 1. The number of hydrogen-bond acceptors (Lipinski definition) is 2. The summed E-state index contributed by atoms with van der Waals surface area (Å²) < 4.78 is 39.2. The van der Waals surface area contributed by atoms with E-state index in [4.69, 9.17) is 0 Å². The number of aryl methyl sites for hydroxylation is 2. The van der Waals surface area contributed by atoms with Crippen molar-refractivity contribution in [3.8, 4) is 0 Å². The van der Waals surface area contributed by atoms with Crippen LogP contribution >= 0.6 is 0 Å². The SMILES string of the molecule is Cc1cc(C)cc(C(=O)N2CC[C@H](NCc3cccc(C(F)(F)F)c3)C[C@@H]2Cc2ccccc2)c1. The van der Waals surface area contributed by atoms with Crippen molar-refractivity contribution in [1.29, 1.82) is 0 Å². The fourth-order valence-electron chi connectivity index (χ4n) is 4.97. The lowest BCUT2D eigenvalue weighted by atomic mass is 9.91. The van der Waals surface area contributed by atoms with Gasteiger partial charge < -0.3 is 10.2 Å². The molecule has 0 bridgehead atoms. The molecule has 0 aromatic heterocycles. The Labute approximate surface area is 205 Å². The molecule has 0 radical (unpaired) electrons. The average Bonchev–Trinajstić information content (AvgIpc) is 2.82. The number of amides is 1. The van der Waals surface area contributed by atoms with E-state index in [0.29, 0.717) is 24.2 Å². The van der Waals surface area contributed by atoms with E-state index in [2.05, 4.69) is 23.5 Å². The Hall–Kier alpha value is -3.12. The van der Waals surface area contributed by atoms with Gasteiger partial charge in [0.1, 0.15) is 0 Å². The van der Waals surface area contributed by atoms with Gasteiger partial charge in [-0.15, -0.1) is 0 Å². The van der Waals surface area contributed by atoms with Crippen molar-refractivity contribution in [3.63, 3.8) is 0 Å². The second-order valence-electron chi connectivity index (χ2n) is 9.52. The largest absolute Gasteiger partial charge is 0.416 e. The van der Waals surface area contributed by atoms with Gasteiger partial charge in [-0.25, -0.2) is 0 Å². The van der Waals surface area contributed by atoms with Crippen molar-refractivity contribution >= 4 is 5.91 Å². The predicted molar refractivity (Wildman–Crippen MR) is 132 cm³/mol. The molecule has 2 atom stereocenters. The summed E-state index contributed by atoms with van der Waals surface area (Å²) in [6.45, 7) is 4.95. The van der Waals surface area contributed by atoms with Gasteiger partial charge in [0.05, 0.1) is 5.56 Å². The third-order valence-corrected chi connectivity index (χ3v) is 6.61. The minimum Gasteiger partial charge on any atom is -0.335 e. The molecular weight excluding hydrogens is 449 g/mol. The van der Waals surface area contributed by atoms with Gasteiger partial charge in [0.25, 0.3) is 5.91 Å². The maximum atomic E-state index is 13.5. The van der Waals surface area contributed by atoms with E-state index in [1.807, 2.05) is 49.1 Å². The van der Waals surface area contributed by atoms with Crippen LogP contribution in [0.25, 0.3) is 0 Å². The summed E-state index contributed by atoms with van der Waals surface area (Å²) in [5.41, 5.74) is 3.96. The zero-order chi connectivity index (χ0) is 25.0. The van der Waals surface area contributed by atoms with Crippen LogP contribution in [0, 0.1) is 13.8 Å². The molecule has 3 aromatic rings. The molecule has 1 amide bonds. The first-order valence-corrected chi connectivity index (χ1v) is 12.0. The Morgan fingerprint density at radius 1 is 0.943 bits per heavy atom. The van der Waals surface area contributed by atoms with E-state index < -0.39 is 11.7 Å². The monoisotopic (exact) mass is 480 g/mol. The van der Waals surface area contributed by atoms with Crippen LogP contribution in [-0.4, -0.2) is 29.4 Å². The van der Waals surface area contributed by atoms with Crippen LogP contribution in [0.1, 0.15) is 51.0 Å². The summed E-state index contributed by atoms with van der Waals surface area (Å²) in [4.78, 5) is 15.5. The van der Waals surface area contributed by atoms with E-state index >= 15 is 0 Å². The van der Waals surface area contributed by atoms with Crippen LogP contribution in [0.4, 0.5) is 13.2 Å². The summed E-state index contributed by atoms with van der Waals surface area (Å²) in [6, 6.07) is 21.6. The lowest BCUT2D eigenvalue weighted by Crippen LogP contribution is -2.51. The van der Waals surface area contributed by atoms with Crippen molar-refractivity contribution < 1.29 is 18.0 Å². The highest BCUT2D eigenvalue weighted by molar-refractivity contribution is 5.95. The van der Waals surface area contributed by atoms with Gasteiger partial charge in [-0.1, -0.05) is 65.7 Å². The molecule has 4 rings (SSSR count). The smallest absolute Gasteiger partial charge is 0.335 e. The van der Waals surface area contributed by atoms with Gasteiger partial charge >= 0.3 is 6.18 Å². The quantitative estimate of drug-likeness (QED) is 0.447. The third kappa shape index (κ3) is 6.51. The molecular formula is C29H31F3N2O. The van der Waals surface area contributed by atoms with Gasteiger partial charge in [0.15, 0.2) is 0 Å². The number of likely N-dealkylation sites (tertiary alicyclic amines) is 1. The second kappa shape index (κ2) is 10.6. The number of alkyl halides is 3. The fourth-order valence-corrected chi connectivity index (χ4v) is 4.97. The Balaban J connectivity index is 1.49. The number of benzene rings is 3. The first-order chi connectivity index (χ1) is 16.7. The van der Waals surface area contributed by atoms with Crippen molar-refractivity contribution in [3.05, 3.63) is 106 Å². The van der Waals surface area contributed by atoms with Gasteiger partial charge in [-0.2, -0.15) is 13.2 Å². The number of rotatable bonds is 6. The lowest BCUT2D eigenvalue weighted by Gasteiger charge is -2.40. The fraction of sp³-hybridized carbons (Fsp3) is 0.345. The van der Waals surface area contributed by atoms with Gasteiger partial charge in [0.2, 0.25) is 0 Å². The van der Waals surface area contributed by atoms with Crippen LogP contribution in [0.2, 0.25) is 0 Å². The Morgan fingerprint density at radius 2 is 1.63 bits per heavy atom. The zero-order valence-corrected chi connectivity index (χ0v) is 20.1. The van der Waals surface area contributed by atoms with Crippen molar-refractivity contribution in [2.45, 2.75) is 57.9 Å². The molecule has 1 aliphatic rings. The van der Waals surface area contributed by atoms with Crippen LogP contribution in [0.15, 0.2) is 72.8 Å². The number of nitrogens with one attached hydrogen (secondary N) is 1. The lowest BCUT2D eigenvalue weighted by molar-refractivity contribution is -0.137. The van der Waals surface area contributed by atoms with Crippen LogP contribution in [-0.2, 0) is 19.1 Å². The zero-order valence-electron chi connectivity index (χ0n) is 20.1. The summed E-state index contributed by atoms with van der Waals surface area (Å²) in [6.07, 6.45) is -2.12. The standard InChI is InChI=1S/C29H31F3N2O/c1-20-13-21(2)15-24(14-20)28(35)34-12-11-26(18-27(34)17-22-7-4-3-5-8-22)33-19-23-9-6-10-25(16-23)29(30,31)32/h3-10,13-16,26-27,33H,11-12,17-19H2,1-2H3/t26-,27-/m0/s1. The number of halogens is 3. The van der Waals surface area contributed by atoms with E-state index in [0.717, 1.165) is 42.0 Å². The maximum absolute atomic E-state index is 13.5. The molecule has 3 nitrogen and oxygen atoms in total. The highest BCUT2D eigenvalue weighted by atomic mass is 19.4. The maximum Gasteiger partial charge on any atom is 0.416 e. The molecule has 184 valence electrons. The highest BCUT2D eigenvalue weighted by Gasteiger charge is 2.33. The molecule has 1 saturated heterocycles. The number of piperidine rings is 1. The van der Waals surface area contributed by atoms with Crippen LogP contribution < -0.4 is 5.32 Å². The molecule has 6 heteroatoms. The molecule has 1 heterocycles. The molecule has 0 aliphatic carbocycles. The van der Waals surface area contributed by atoms with Gasteiger partial charge in [-0.05, 0) is 62.4 Å². The minimum absolute atomic E-state index is 0.00141. The normalized spacial score (nSPS) is 18.5. The highest BCUT2D eigenvalue weighted by Crippen LogP contribution is 2.30. The first kappa shape index (κ1) is 25.0. The van der Waals surface area contributed by atoms with Gasteiger partial charge in [-0.3, -0.25) is 4.79 Å². The van der Waals surface area contributed by atoms with E-state index in [1.165, 1.54) is 12.1 Å². The third-order valence-electron chi connectivity index (χ3n) is 6.61. The molecule has 0 unspecified atom stereocenters. The van der Waals surface area contributed by atoms with Crippen LogP contribution in [0.5, 0.6) is 0 Å². The van der Waals surface area contributed by atoms with Gasteiger partial charge in [0, 0.05) is 30.7 Å². The number of hydrogen-bond donors (Lipinski definition) is 1. The number of nitrogens with zero attached hydrogens (tertiary/aromatic N) is 1. The Kier molecular flexibility index (Phi) is 7.60. The molecule has 1 N–H and O–H groups in total. The van der Waals surface area contributed by atoms with Crippen molar-refractivity contribution in [1.82, 2.24) is 10.2 Å². The Bertz CT molecular complexity index is 1140. The summed E-state index contributed by atoms with van der Waals surface area (Å²) in [5.74, 6) is 0.0362. The van der Waals surface area contributed by atoms with Crippen molar-refractivity contribution in [2.24, 2.45) is 0 Å². The summed E-state index contributed by atoms with van der Waals surface area (Å²) >= 11 is 0. The molecule has 1 fully saturated rings. The molecule has 3 aromatic carbocycles. The topological polar surface area (TPSA) is 32.3 Å². The van der Waals surface area contributed by atoms with E-state index in [1.54, 1.807) is 6.07 Å². The average molecular weight is 481 g/mol. The summed E-state index contributed by atoms with van der Waals surface area (Å²) in [7, 11) is 0. The number of carbonyl (C=O) groups is 1. The first-order valence-electron chi connectivity index (χ1n) is 12.0. The molecule has 35 heavy (non-hydrogen) atoms. The minimum atomic E-state index is -4.35. The second-order valence-corrected chi connectivity index (χ2v) is 9.52. The molecule has 1 aliphatic heterocycles. The molecule has 0 saturated carbocycles. The Morgan fingerprint density at radius 3 is 2.31 bits per heavy atom. The van der Waals surface area contributed by atoms with Crippen LogP contribution in [0.3, 0.4) is 0 Å².